The minimum atomic E-state index is -0.501. The highest BCUT2D eigenvalue weighted by atomic mass is 32.1. The summed E-state index contributed by atoms with van der Waals surface area (Å²) in [5, 5.41) is 10.0. The van der Waals surface area contributed by atoms with Gasteiger partial charge in [-0.3, -0.25) is 14.5 Å². The van der Waals surface area contributed by atoms with Crippen LogP contribution in [0.3, 0.4) is 0 Å². The lowest BCUT2D eigenvalue weighted by Gasteiger charge is -2.18. The molecule has 0 aliphatic carbocycles. The Morgan fingerprint density at radius 3 is 2.75 bits per heavy atom. The van der Waals surface area contributed by atoms with Gasteiger partial charge in [-0.2, -0.15) is 0 Å². The highest BCUT2D eigenvalue weighted by Crippen LogP contribution is 2.23. The molecule has 3 rings (SSSR count). The lowest BCUT2D eigenvalue weighted by molar-refractivity contribution is -0.119. The molecule has 24 heavy (non-hydrogen) atoms. The lowest BCUT2D eigenvalue weighted by Crippen LogP contribution is -2.27. The topological polar surface area (TPSA) is 70.5 Å². The fraction of sp³-hybridized carbons (Fsp3) is 0.389. The first-order valence-electron chi connectivity index (χ1n) is 7.89. The summed E-state index contributed by atoms with van der Waals surface area (Å²) >= 11 is 1.66. The van der Waals surface area contributed by atoms with Crippen molar-refractivity contribution in [1.29, 1.82) is 0 Å². The van der Waals surface area contributed by atoms with E-state index in [0.717, 1.165) is 21.8 Å². The molecule has 0 fully saturated rings. The molecule has 1 aromatic carbocycles. The van der Waals surface area contributed by atoms with Gasteiger partial charge in [0.2, 0.25) is 0 Å². The third-order valence-electron chi connectivity index (χ3n) is 4.29. The summed E-state index contributed by atoms with van der Waals surface area (Å²) in [5.41, 5.74) is 3.47. The van der Waals surface area contributed by atoms with E-state index in [0.29, 0.717) is 31.6 Å². The Bertz CT molecular complexity index is 778. The highest BCUT2D eigenvalue weighted by molar-refractivity contribution is 7.11. The van der Waals surface area contributed by atoms with Crippen molar-refractivity contribution in [2.45, 2.75) is 33.4 Å². The van der Waals surface area contributed by atoms with Gasteiger partial charge in [0.1, 0.15) is 11.6 Å². The number of fused-ring (bicyclic) bond motifs is 1. The maximum Gasteiger partial charge on any atom is 0.188 e. The molecular formula is C18H20N2O3S. The van der Waals surface area contributed by atoms with E-state index in [4.69, 9.17) is 5.11 Å². The van der Waals surface area contributed by atoms with Crippen molar-refractivity contribution in [2.75, 3.05) is 13.2 Å². The largest absolute Gasteiger partial charge is 0.388 e. The molecule has 126 valence electrons. The predicted molar refractivity (Wildman–Crippen MR) is 92.3 cm³/mol. The van der Waals surface area contributed by atoms with Crippen LogP contribution in [0, 0.1) is 13.8 Å². The van der Waals surface area contributed by atoms with Gasteiger partial charge in [-0.05, 0) is 31.0 Å². The number of benzene rings is 1. The van der Waals surface area contributed by atoms with Crippen LogP contribution in [0.15, 0.2) is 18.2 Å². The van der Waals surface area contributed by atoms with Crippen LogP contribution in [-0.2, 0) is 24.3 Å². The Labute approximate surface area is 145 Å². The first-order chi connectivity index (χ1) is 11.5. The van der Waals surface area contributed by atoms with Crippen LogP contribution in [0.4, 0.5) is 0 Å². The number of ketones is 2. The van der Waals surface area contributed by atoms with Gasteiger partial charge in [-0.1, -0.05) is 12.1 Å². The predicted octanol–water partition coefficient (Wildman–Crippen LogP) is 2.06. The molecule has 1 aromatic heterocycles. The molecule has 1 aliphatic rings. The minimum Gasteiger partial charge on any atom is -0.388 e. The van der Waals surface area contributed by atoms with Gasteiger partial charge < -0.3 is 5.11 Å². The van der Waals surface area contributed by atoms with Crippen LogP contribution in [0.5, 0.6) is 0 Å². The maximum absolute atomic E-state index is 12.2. The molecule has 1 N–H and O–H groups in total. The van der Waals surface area contributed by atoms with Crippen molar-refractivity contribution in [3.63, 3.8) is 0 Å². The molecule has 1 aliphatic heterocycles. The van der Waals surface area contributed by atoms with Crippen molar-refractivity contribution in [3.05, 3.63) is 50.5 Å². The summed E-state index contributed by atoms with van der Waals surface area (Å²) in [6.07, 6.45) is 0.384. The van der Waals surface area contributed by atoms with E-state index in [-0.39, 0.29) is 11.6 Å². The average Bonchev–Trinajstić information content (AvgIpc) is 2.76. The molecule has 2 aromatic rings. The molecule has 2 heterocycles. The molecule has 0 radical (unpaired) electrons. The first-order valence-corrected chi connectivity index (χ1v) is 8.70. The molecular weight excluding hydrogens is 324 g/mol. The zero-order valence-electron chi connectivity index (χ0n) is 13.8. The number of aryl methyl sites for hydroxylation is 2. The van der Waals surface area contributed by atoms with Crippen LogP contribution in [0.25, 0.3) is 0 Å². The van der Waals surface area contributed by atoms with E-state index in [1.54, 1.807) is 23.5 Å². The van der Waals surface area contributed by atoms with Crippen molar-refractivity contribution in [2.24, 2.45) is 0 Å². The normalized spacial score (nSPS) is 15.2. The molecule has 0 unspecified atom stereocenters. The van der Waals surface area contributed by atoms with Gasteiger partial charge in [0.15, 0.2) is 11.6 Å². The number of hydrogen-bond acceptors (Lipinski definition) is 6. The fourth-order valence-electron chi connectivity index (χ4n) is 2.93. The number of rotatable bonds is 4. The van der Waals surface area contributed by atoms with Crippen LogP contribution in [0.1, 0.15) is 37.1 Å². The second kappa shape index (κ2) is 6.93. The summed E-state index contributed by atoms with van der Waals surface area (Å²) in [4.78, 5) is 31.8. The number of carbonyl (C=O) groups excluding carboxylic acids is 2. The Kier molecular flexibility index (Phi) is 4.89. The van der Waals surface area contributed by atoms with E-state index in [1.165, 1.54) is 4.88 Å². The minimum absolute atomic E-state index is 0.167. The number of hydrogen-bond donors (Lipinski definition) is 1. The monoisotopic (exact) mass is 344 g/mol. The molecule has 0 amide bonds. The number of aliphatic hydroxyl groups excluding tert-OH is 1. The maximum atomic E-state index is 12.2. The Hall–Kier alpha value is -1.89. The third kappa shape index (κ3) is 3.61. The van der Waals surface area contributed by atoms with Crippen molar-refractivity contribution >= 4 is 22.9 Å². The molecule has 0 bridgehead atoms. The van der Waals surface area contributed by atoms with E-state index < -0.39 is 6.61 Å². The van der Waals surface area contributed by atoms with Crippen molar-refractivity contribution in [1.82, 2.24) is 9.88 Å². The Morgan fingerprint density at radius 1 is 1.29 bits per heavy atom. The quantitative estimate of drug-likeness (QED) is 0.860. The van der Waals surface area contributed by atoms with Crippen LogP contribution in [0.2, 0.25) is 0 Å². The number of Topliss-reactive ketones (excluding diaryl/α,β-unsaturated/α-hetero) is 2. The summed E-state index contributed by atoms with van der Waals surface area (Å²) in [5.74, 6) is -0.133. The fourth-order valence-corrected chi connectivity index (χ4v) is 3.91. The summed E-state index contributed by atoms with van der Waals surface area (Å²) in [6.45, 7) is 5.15. The van der Waals surface area contributed by atoms with Crippen molar-refractivity contribution in [3.8, 4) is 0 Å². The van der Waals surface area contributed by atoms with Gasteiger partial charge in [-0.15, -0.1) is 11.3 Å². The van der Waals surface area contributed by atoms with Gasteiger partial charge in [0, 0.05) is 23.4 Å². The zero-order valence-corrected chi connectivity index (χ0v) is 14.7. The molecule has 6 heteroatoms. The van der Waals surface area contributed by atoms with Gasteiger partial charge in [0.25, 0.3) is 0 Å². The number of thiazole rings is 1. The third-order valence-corrected chi connectivity index (χ3v) is 5.34. The number of carbonyl (C=O) groups is 2. The van der Waals surface area contributed by atoms with E-state index in [1.807, 2.05) is 19.9 Å². The van der Waals surface area contributed by atoms with Crippen LogP contribution in [-0.4, -0.2) is 39.7 Å². The first kappa shape index (κ1) is 17.0. The lowest BCUT2D eigenvalue weighted by atomic mass is 9.99. The van der Waals surface area contributed by atoms with Crippen molar-refractivity contribution < 1.29 is 14.7 Å². The number of aliphatic hydroxyl groups is 1. The molecule has 0 atom stereocenters. The smallest absolute Gasteiger partial charge is 0.188 e. The number of aromatic nitrogens is 1. The summed E-state index contributed by atoms with van der Waals surface area (Å²) < 4.78 is 0. The zero-order chi connectivity index (χ0) is 17.3. The van der Waals surface area contributed by atoms with E-state index >= 15 is 0 Å². The molecule has 0 saturated carbocycles. The SMILES string of the molecule is Cc1nc(CN2CC(=O)Cc3ccc(C(=O)CO)cc3C2)sc1C. The van der Waals surface area contributed by atoms with Crippen LogP contribution < -0.4 is 0 Å². The van der Waals surface area contributed by atoms with E-state index in [2.05, 4.69) is 9.88 Å². The Balaban J connectivity index is 1.86. The van der Waals surface area contributed by atoms with Gasteiger partial charge in [-0.25, -0.2) is 4.98 Å². The summed E-state index contributed by atoms with van der Waals surface area (Å²) in [6, 6.07) is 5.32. The van der Waals surface area contributed by atoms with Crippen LogP contribution >= 0.6 is 11.3 Å². The van der Waals surface area contributed by atoms with Gasteiger partial charge >= 0.3 is 0 Å². The second-order valence-electron chi connectivity index (χ2n) is 6.17. The van der Waals surface area contributed by atoms with Gasteiger partial charge in [0.05, 0.1) is 18.8 Å². The highest BCUT2D eigenvalue weighted by Gasteiger charge is 2.22. The summed E-state index contributed by atoms with van der Waals surface area (Å²) in [7, 11) is 0. The standard InChI is InChI=1S/C18H20N2O3S/c1-11-12(2)24-18(19-11)9-20-7-15-5-14(17(23)10-21)4-3-13(15)6-16(22)8-20/h3-5,21H,6-10H2,1-2H3. The van der Waals surface area contributed by atoms with E-state index in [9.17, 15) is 9.59 Å². The second-order valence-corrected chi connectivity index (χ2v) is 7.46. The average molecular weight is 344 g/mol. The molecule has 0 spiro atoms. The Morgan fingerprint density at radius 2 is 2.08 bits per heavy atom. The number of nitrogens with zero attached hydrogens (tertiary/aromatic N) is 2. The molecule has 0 saturated heterocycles. The molecule has 5 nitrogen and oxygen atoms in total.